The fourth-order valence-corrected chi connectivity index (χ4v) is 41.1. The van der Waals surface area contributed by atoms with Crippen molar-refractivity contribution in [3.05, 3.63) is 141 Å². The second-order valence-corrected chi connectivity index (χ2v) is 57.3. The number of rotatable bonds is 6. The van der Waals surface area contributed by atoms with Crippen molar-refractivity contribution in [2.75, 3.05) is 0 Å². The first-order chi connectivity index (χ1) is 22.3. The van der Waals surface area contributed by atoms with Crippen molar-refractivity contribution in [1.29, 1.82) is 0 Å². The van der Waals surface area contributed by atoms with Crippen molar-refractivity contribution in [2.45, 2.75) is 61.9 Å². The summed E-state index contributed by atoms with van der Waals surface area (Å²) in [5.41, 5.74) is 17.3. The van der Waals surface area contributed by atoms with Gasteiger partial charge < -0.3 is 0 Å². The molecule has 0 fully saturated rings. The monoisotopic (exact) mass is 749 g/mol. The maximum atomic E-state index is 8.71. The van der Waals surface area contributed by atoms with Gasteiger partial charge in [0.15, 0.2) is 0 Å². The molecule has 0 saturated carbocycles. The predicted octanol–water partition coefficient (Wildman–Crippen LogP) is 13.3. The molecule has 0 radical (unpaired) electrons. The fourth-order valence-electron chi connectivity index (χ4n) is 8.88. The Morgan fingerprint density at radius 1 is 0.617 bits per heavy atom. The van der Waals surface area contributed by atoms with Gasteiger partial charge in [-0.15, -0.1) is 0 Å². The van der Waals surface area contributed by atoms with Crippen LogP contribution in [0.5, 0.6) is 0 Å². The maximum absolute atomic E-state index is 8.71. The SMILES string of the molecule is CC1=Cc2c(-c3cccc4ccccc34)ccc(C)c2[CH]1[Zr]([Cl])([Cl])([CH]1C(C(C)C)=Cc2c(-c3cccc(C)c3C)cccc21)[SiH](C)C. The first-order valence-electron chi connectivity index (χ1n) is 17.1. The second kappa shape index (κ2) is 11.8. The Hall–Kier alpha value is -2.48. The van der Waals surface area contributed by atoms with Gasteiger partial charge in [-0.3, -0.25) is 0 Å². The van der Waals surface area contributed by atoms with Crippen molar-refractivity contribution in [1.82, 2.24) is 0 Å². The van der Waals surface area contributed by atoms with Gasteiger partial charge in [-0.25, -0.2) is 0 Å². The molecule has 0 spiro atoms. The molecule has 2 unspecified atom stereocenters. The van der Waals surface area contributed by atoms with E-state index in [0.29, 0.717) is 5.92 Å². The molecule has 0 saturated heterocycles. The Morgan fingerprint density at radius 3 is 2.00 bits per heavy atom. The average Bonchev–Trinajstić information content (AvgIpc) is 3.63. The van der Waals surface area contributed by atoms with Crippen LogP contribution >= 0.6 is 17.0 Å². The van der Waals surface area contributed by atoms with Crippen molar-refractivity contribution in [2.24, 2.45) is 5.92 Å². The van der Waals surface area contributed by atoms with Crippen LogP contribution in [0.25, 0.3) is 45.2 Å². The standard InChI is InChI=1S/C21H17.C20H21.C2H7Si.2ClH.Zr/c1-14-12-20-15(2)10-11-19(21(20)13-14)18-9-5-7-16-6-3-4-8-17(16)18;1-13(2)17-11-16-8-6-10-19(20(16)12-17)18-9-5-7-14(3)15(18)4;1-3-2;;;/h3-13H,1-2H3;5-13H,1-4H3;3H,1-2H3;2*1H;/q;;;;;+2/p-2. The van der Waals surface area contributed by atoms with Gasteiger partial charge in [0.2, 0.25) is 0 Å². The minimum absolute atomic E-state index is 0.0684. The van der Waals surface area contributed by atoms with E-state index >= 15 is 0 Å². The zero-order valence-corrected chi connectivity index (χ0v) is 34.0. The molecule has 0 bridgehead atoms. The third kappa shape index (κ3) is 4.92. The molecule has 47 heavy (non-hydrogen) atoms. The normalized spacial score (nSPS) is 18.3. The molecule has 7 rings (SSSR count). The molecule has 0 aliphatic heterocycles. The van der Waals surface area contributed by atoms with Crippen LogP contribution in [0.2, 0.25) is 13.1 Å². The number of hydrogen-bond acceptors (Lipinski definition) is 0. The molecule has 2 aliphatic carbocycles. The summed E-state index contributed by atoms with van der Waals surface area (Å²) >= 11 is -4.87. The Labute approximate surface area is 290 Å². The van der Waals surface area contributed by atoms with Crippen molar-refractivity contribution in [3.63, 3.8) is 0 Å². The second-order valence-electron chi connectivity index (χ2n) is 14.8. The predicted molar refractivity (Wildman–Crippen MR) is 208 cm³/mol. The van der Waals surface area contributed by atoms with Crippen LogP contribution < -0.4 is 0 Å². The molecule has 5 aromatic carbocycles. The number of benzene rings is 5. The summed E-state index contributed by atoms with van der Waals surface area (Å²) in [6, 6.07) is 33.6. The van der Waals surface area contributed by atoms with Crippen LogP contribution in [0.4, 0.5) is 0 Å². The van der Waals surface area contributed by atoms with Gasteiger partial charge in [0, 0.05) is 0 Å². The van der Waals surface area contributed by atoms with Crippen molar-refractivity contribution >= 4 is 45.9 Å². The Morgan fingerprint density at radius 2 is 1.26 bits per heavy atom. The van der Waals surface area contributed by atoms with Crippen LogP contribution in [-0.2, 0) is 15.6 Å². The van der Waals surface area contributed by atoms with Crippen LogP contribution in [0.3, 0.4) is 0 Å². The first-order valence-corrected chi connectivity index (χ1v) is 33.4. The topological polar surface area (TPSA) is 0 Å². The van der Waals surface area contributed by atoms with Crippen molar-refractivity contribution in [3.8, 4) is 22.3 Å². The number of aryl methyl sites for hydroxylation is 2. The number of fused-ring (bicyclic) bond motifs is 3. The molecule has 0 aromatic heterocycles. The minimum atomic E-state index is -4.87. The molecule has 0 heterocycles. The van der Waals surface area contributed by atoms with Crippen LogP contribution in [-0.4, -0.2) is 5.92 Å². The number of hydrogen-bond donors (Lipinski definition) is 0. The Kier molecular flexibility index (Phi) is 8.32. The zero-order chi connectivity index (χ0) is 33.4. The molecule has 4 heteroatoms. The summed E-state index contributed by atoms with van der Waals surface area (Å²) < 4.78 is 0.144. The average molecular weight is 752 g/mol. The molecule has 2 aliphatic rings. The van der Waals surface area contributed by atoms with E-state index in [-0.39, 0.29) is 7.25 Å². The van der Waals surface area contributed by atoms with E-state index in [1.165, 1.54) is 83.1 Å². The third-order valence-corrected chi connectivity index (χ3v) is 63.5. The zero-order valence-electron chi connectivity index (χ0n) is 28.9. The van der Waals surface area contributed by atoms with Crippen LogP contribution in [0.15, 0.2) is 102 Å². The van der Waals surface area contributed by atoms with E-state index in [1.807, 2.05) is 0 Å². The van der Waals surface area contributed by atoms with Gasteiger partial charge in [-0.05, 0) is 0 Å². The molecule has 239 valence electrons. The molecule has 0 N–H and O–H groups in total. The van der Waals surface area contributed by atoms with E-state index in [0.717, 1.165) is 0 Å². The van der Waals surface area contributed by atoms with Gasteiger partial charge in [0.05, 0.1) is 0 Å². The molecule has 2 atom stereocenters. The summed E-state index contributed by atoms with van der Waals surface area (Å²) in [6.45, 7) is 18.6. The number of allylic oxidation sites excluding steroid dienone is 2. The molecule has 0 nitrogen and oxygen atoms in total. The number of halogens is 2. The van der Waals surface area contributed by atoms with E-state index in [4.69, 9.17) is 17.0 Å². The van der Waals surface area contributed by atoms with Crippen molar-refractivity contribution < 1.29 is 15.6 Å². The summed E-state index contributed by atoms with van der Waals surface area (Å²) in [7, 11) is 17.4. The Balaban J connectivity index is 1.48. The molecular weight excluding hydrogens is 707 g/mol. The molecular formula is C43H45Cl2SiZr. The summed E-state index contributed by atoms with van der Waals surface area (Å²) in [5, 5.41) is 2.54. The van der Waals surface area contributed by atoms with Gasteiger partial charge in [0.25, 0.3) is 0 Å². The summed E-state index contributed by atoms with van der Waals surface area (Å²) in [5.74, 6) is -1.32. The van der Waals surface area contributed by atoms with Gasteiger partial charge in [-0.2, -0.15) is 0 Å². The molecule has 0 amide bonds. The van der Waals surface area contributed by atoms with E-state index in [2.05, 4.69) is 158 Å². The quantitative estimate of drug-likeness (QED) is 0.152. The summed E-state index contributed by atoms with van der Waals surface area (Å²) in [4.78, 5) is 0. The first kappa shape index (κ1) is 33.0. The fraction of sp³-hybridized carbons (Fsp3) is 0.256. The Bertz CT molecular complexity index is 2150. The van der Waals surface area contributed by atoms with Crippen LogP contribution in [0, 0.1) is 26.7 Å². The van der Waals surface area contributed by atoms with E-state index in [1.54, 1.807) is 0 Å². The van der Waals surface area contributed by atoms with E-state index in [9.17, 15) is 0 Å². The third-order valence-electron chi connectivity index (χ3n) is 11.6. The van der Waals surface area contributed by atoms with Gasteiger partial charge in [-0.1, -0.05) is 0 Å². The van der Waals surface area contributed by atoms with Crippen LogP contribution in [0.1, 0.15) is 67.0 Å². The van der Waals surface area contributed by atoms with E-state index < -0.39 is 21.5 Å². The molecule has 5 aromatic rings. The summed E-state index contributed by atoms with van der Waals surface area (Å²) in [6.07, 6.45) is 4.94. The van der Waals surface area contributed by atoms with Gasteiger partial charge in [0.1, 0.15) is 0 Å². The van der Waals surface area contributed by atoms with Gasteiger partial charge >= 0.3 is 293 Å².